The van der Waals surface area contributed by atoms with Gasteiger partial charge in [0.15, 0.2) is 0 Å². The molecule has 1 rings (SSSR count). The van der Waals surface area contributed by atoms with Crippen LogP contribution in [0.25, 0.3) is 0 Å². The Hall–Kier alpha value is -0.247. The largest absolute Gasteiger partial charge is 2.00 e. The molecule has 0 saturated heterocycles. The standard InChI is InChI=1S/C7H8O3S.Zn/c1-6-2-4-7(5-3-6)11(8,9)10;/h2-5H,1H3,(H,8,9,10);/q;+2/p-1. The van der Waals surface area contributed by atoms with E-state index >= 15 is 0 Å². The van der Waals surface area contributed by atoms with Crippen LogP contribution in [0.2, 0.25) is 0 Å². The zero-order valence-electron chi connectivity index (χ0n) is 6.65. The molecule has 3 nitrogen and oxygen atoms in total. The van der Waals surface area contributed by atoms with Gasteiger partial charge in [-0.2, -0.15) is 0 Å². The first-order chi connectivity index (χ1) is 5.00. The maximum Gasteiger partial charge on any atom is 2.00 e. The minimum absolute atomic E-state index is 0. The number of benzene rings is 1. The van der Waals surface area contributed by atoms with Gasteiger partial charge < -0.3 is 4.55 Å². The molecule has 12 heavy (non-hydrogen) atoms. The Morgan fingerprint density at radius 3 is 1.92 bits per heavy atom. The van der Waals surface area contributed by atoms with Gasteiger partial charge in [0, 0.05) is 0 Å². The average molecular weight is 237 g/mol. The molecular formula is C7H7O3SZn+. The fourth-order valence-corrected chi connectivity index (χ4v) is 1.17. The molecule has 0 aliphatic carbocycles. The first-order valence-electron chi connectivity index (χ1n) is 3.03. The molecule has 1 aromatic rings. The summed E-state index contributed by atoms with van der Waals surface area (Å²) < 4.78 is 31.2. The summed E-state index contributed by atoms with van der Waals surface area (Å²) in [5.41, 5.74) is 0.928. The molecule has 0 unspecified atom stereocenters. The quantitative estimate of drug-likeness (QED) is 0.538. The molecule has 5 heteroatoms. The molecule has 0 aliphatic rings. The van der Waals surface area contributed by atoms with Gasteiger partial charge in [0.1, 0.15) is 10.1 Å². The van der Waals surface area contributed by atoms with Crippen molar-refractivity contribution >= 4 is 10.1 Å². The van der Waals surface area contributed by atoms with Gasteiger partial charge in [0.2, 0.25) is 0 Å². The molecule has 60 valence electrons. The zero-order chi connectivity index (χ0) is 8.48. The van der Waals surface area contributed by atoms with Crippen LogP contribution < -0.4 is 0 Å². The van der Waals surface area contributed by atoms with Crippen LogP contribution in [0.15, 0.2) is 29.2 Å². The first-order valence-corrected chi connectivity index (χ1v) is 4.43. The number of hydrogen-bond donors (Lipinski definition) is 0. The van der Waals surface area contributed by atoms with Crippen LogP contribution in [0.3, 0.4) is 0 Å². The van der Waals surface area contributed by atoms with E-state index in [0.29, 0.717) is 0 Å². The predicted molar refractivity (Wildman–Crippen MR) is 39.1 cm³/mol. The molecule has 0 N–H and O–H groups in total. The van der Waals surface area contributed by atoms with Crippen molar-refractivity contribution in [1.29, 1.82) is 0 Å². The van der Waals surface area contributed by atoms with Gasteiger partial charge in [-0.25, -0.2) is 8.42 Å². The van der Waals surface area contributed by atoms with E-state index in [2.05, 4.69) is 0 Å². The molecule has 0 fully saturated rings. The van der Waals surface area contributed by atoms with E-state index in [1.165, 1.54) is 12.1 Å². The topological polar surface area (TPSA) is 57.2 Å². The van der Waals surface area contributed by atoms with Crippen LogP contribution in [-0.4, -0.2) is 13.0 Å². The summed E-state index contributed by atoms with van der Waals surface area (Å²) in [6, 6.07) is 5.78. The maximum atomic E-state index is 10.4. The zero-order valence-corrected chi connectivity index (χ0v) is 10.4. The Balaban J connectivity index is 0.00000121. The van der Waals surface area contributed by atoms with Crippen molar-refractivity contribution in [3.63, 3.8) is 0 Å². The van der Waals surface area contributed by atoms with Gasteiger partial charge in [0.05, 0.1) is 4.90 Å². The van der Waals surface area contributed by atoms with E-state index in [1.807, 2.05) is 6.92 Å². The maximum absolute atomic E-state index is 10.4. The Morgan fingerprint density at radius 2 is 1.58 bits per heavy atom. The minimum atomic E-state index is -4.27. The van der Waals surface area contributed by atoms with Crippen LogP contribution >= 0.6 is 0 Å². The Labute approximate surface area is 84.3 Å². The van der Waals surface area contributed by atoms with Crippen molar-refractivity contribution < 1.29 is 32.4 Å². The molecule has 0 radical (unpaired) electrons. The van der Waals surface area contributed by atoms with Gasteiger partial charge >= 0.3 is 19.5 Å². The molecule has 0 amide bonds. The molecule has 0 aromatic heterocycles. The van der Waals surface area contributed by atoms with Crippen molar-refractivity contribution in [3.05, 3.63) is 29.8 Å². The Bertz CT molecular complexity index is 341. The van der Waals surface area contributed by atoms with E-state index in [0.717, 1.165) is 5.56 Å². The Morgan fingerprint density at radius 1 is 1.17 bits per heavy atom. The van der Waals surface area contributed by atoms with E-state index < -0.39 is 10.1 Å². The number of aryl methyl sites for hydroxylation is 1. The molecule has 0 atom stereocenters. The summed E-state index contributed by atoms with van der Waals surface area (Å²) in [5.74, 6) is 0. The summed E-state index contributed by atoms with van der Waals surface area (Å²) in [6.07, 6.45) is 0. The molecule has 0 bridgehead atoms. The molecule has 0 aliphatic heterocycles. The third-order valence-electron chi connectivity index (χ3n) is 1.31. The summed E-state index contributed by atoms with van der Waals surface area (Å²) >= 11 is 0. The van der Waals surface area contributed by atoms with Crippen LogP contribution in [0.4, 0.5) is 0 Å². The van der Waals surface area contributed by atoms with Crippen molar-refractivity contribution in [1.82, 2.24) is 0 Å². The number of rotatable bonds is 1. The fourth-order valence-electron chi connectivity index (χ4n) is 0.705. The van der Waals surface area contributed by atoms with Gasteiger partial charge in [-0.3, -0.25) is 0 Å². The smallest absolute Gasteiger partial charge is 0.744 e. The van der Waals surface area contributed by atoms with Gasteiger partial charge in [0.25, 0.3) is 0 Å². The second kappa shape index (κ2) is 4.12. The molecule has 1 aromatic carbocycles. The third kappa shape index (κ3) is 3.01. The van der Waals surface area contributed by atoms with Crippen LogP contribution in [-0.2, 0) is 29.6 Å². The summed E-state index contributed by atoms with van der Waals surface area (Å²) in [5, 5.41) is 0. The molecule has 0 heterocycles. The van der Waals surface area contributed by atoms with Crippen molar-refractivity contribution in [2.75, 3.05) is 0 Å². The van der Waals surface area contributed by atoms with Crippen LogP contribution in [0.5, 0.6) is 0 Å². The SMILES string of the molecule is Cc1ccc(S(=O)(=O)[O-])cc1.[Zn+2]. The molecular weight excluding hydrogens is 230 g/mol. The van der Waals surface area contributed by atoms with Crippen molar-refractivity contribution in [2.45, 2.75) is 11.8 Å². The van der Waals surface area contributed by atoms with E-state index in [4.69, 9.17) is 0 Å². The summed E-state index contributed by atoms with van der Waals surface area (Å²) in [7, 11) is -4.27. The van der Waals surface area contributed by atoms with Gasteiger partial charge in [-0.15, -0.1) is 0 Å². The molecule has 0 saturated carbocycles. The molecule has 0 spiro atoms. The summed E-state index contributed by atoms with van der Waals surface area (Å²) in [4.78, 5) is -0.178. The second-order valence-corrected chi connectivity index (χ2v) is 3.65. The normalized spacial score (nSPS) is 10.5. The fraction of sp³-hybridized carbons (Fsp3) is 0.143. The van der Waals surface area contributed by atoms with Gasteiger partial charge in [-0.1, -0.05) is 17.7 Å². The third-order valence-corrected chi connectivity index (χ3v) is 2.16. The van der Waals surface area contributed by atoms with Crippen molar-refractivity contribution in [3.8, 4) is 0 Å². The number of hydrogen-bond acceptors (Lipinski definition) is 3. The summed E-state index contributed by atoms with van der Waals surface area (Å²) in [6.45, 7) is 1.82. The van der Waals surface area contributed by atoms with E-state index in [1.54, 1.807) is 12.1 Å². The minimum Gasteiger partial charge on any atom is -0.744 e. The van der Waals surface area contributed by atoms with Crippen molar-refractivity contribution in [2.24, 2.45) is 0 Å². The Kier molecular flexibility index (Phi) is 4.04. The van der Waals surface area contributed by atoms with E-state index in [-0.39, 0.29) is 24.4 Å². The monoisotopic (exact) mass is 235 g/mol. The second-order valence-electron chi connectivity index (χ2n) is 2.27. The van der Waals surface area contributed by atoms with E-state index in [9.17, 15) is 13.0 Å². The average Bonchev–Trinajstić information content (AvgIpc) is 1.86. The van der Waals surface area contributed by atoms with Gasteiger partial charge in [-0.05, 0) is 19.1 Å². The van der Waals surface area contributed by atoms with Crippen LogP contribution in [0, 0.1) is 6.92 Å². The van der Waals surface area contributed by atoms with Crippen LogP contribution in [0.1, 0.15) is 5.56 Å². The predicted octanol–water partition coefficient (Wildman–Crippen LogP) is 0.897. The first kappa shape index (κ1) is 11.8.